The summed E-state index contributed by atoms with van der Waals surface area (Å²) in [6.07, 6.45) is 4.56. The molecule has 6 heteroatoms. The van der Waals surface area contributed by atoms with Crippen molar-refractivity contribution in [3.8, 4) is 0 Å². The molecule has 23 heavy (non-hydrogen) atoms. The third-order valence-electron chi connectivity index (χ3n) is 3.85. The van der Waals surface area contributed by atoms with Gasteiger partial charge in [0.05, 0.1) is 11.9 Å². The number of anilines is 1. The summed E-state index contributed by atoms with van der Waals surface area (Å²) >= 11 is 1.75. The summed E-state index contributed by atoms with van der Waals surface area (Å²) in [5, 5.41) is 13.6. The van der Waals surface area contributed by atoms with Gasteiger partial charge in [-0.25, -0.2) is 4.79 Å². The van der Waals surface area contributed by atoms with Crippen molar-refractivity contribution in [2.75, 3.05) is 5.32 Å². The second kappa shape index (κ2) is 7.08. The summed E-state index contributed by atoms with van der Waals surface area (Å²) in [7, 11) is 0. The van der Waals surface area contributed by atoms with E-state index in [-0.39, 0.29) is 12.1 Å². The Kier molecular flexibility index (Phi) is 4.91. The predicted octanol–water partition coefficient (Wildman–Crippen LogP) is 3.59. The number of benzene rings is 1. The lowest BCUT2D eigenvalue weighted by atomic mass is 9.94. The van der Waals surface area contributed by atoms with Crippen LogP contribution in [0.15, 0.2) is 35.4 Å². The number of hydrogen-bond acceptors (Lipinski definition) is 3. The quantitative estimate of drug-likeness (QED) is 0.750. The Balaban J connectivity index is 1.60. The number of rotatable bonds is 4. The Bertz CT molecular complexity index is 683. The van der Waals surface area contributed by atoms with E-state index in [9.17, 15) is 4.79 Å². The van der Waals surface area contributed by atoms with Gasteiger partial charge in [-0.15, -0.1) is 11.8 Å². The topological polar surface area (TPSA) is 69.8 Å². The second-order valence-corrected chi connectivity index (χ2v) is 7.69. The summed E-state index contributed by atoms with van der Waals surface area (Å²) in [5.74, 6) is 0. The van der Waals surface area contributed by atoms with E-state index in [4.69, 9.17) is 0 Å². The lowest BCUT2D eigenvalue weighted by Gasteiger charge is -2.23. The van der Waals surface area contributed by atoms with Crippen molar-refractivity contribution in [3.05, 3.63) is 41.7 Å². The highest BCUT2D eigenvalue weighted by atomic mass is 32.2. The number of para-hydroxylation sites is 1. The van der Waals surface area contributed by atoms with Gasteiger partial charge in [-0.2, -0.15) is 5.10 Å². The molecule has 2 aromatic rings. The van der Waals surface area contributed by atoms with E-state index in [1.54, 1.807) is 11.8 Å². The summed E-state index contributed by atoms with van der Waals surface area (Å²) in [4.78, 5) is 13.4. The maximum atomic E-state index is 12.3. The highest BCUT2D eigenvalue weighted by Gasteiger charge is 2.21. The Labute approximate surface area is 140 Å². The molecule has 3 rings (SSSR count). The first-order valence-corrected chi connectivity index (χ1v) is 8.84. The molecule has 1 aliphatic carbocycles. The van der Waals surface area contributed by atoms with Crippen molar-refractivity contribution in [1.82, 2.24) is 15.5 Å². The number of H-pyrrole nitrogens is 1. The van der Waals surface area contributed by atoms with E-state index in [0.29, 0.717) is 5.25 Å². The van der Waals surface area contributed by atoms with Crippen LogP contribution in [0.5, 0.6) is 0 Å². The molecule has 0 saturated heterocycles. The Morgan fingerprint density at radius 1 is 1.39 bits per heavy atom. The lowest BCUT2D eigenvalue weighted by molar-refractivity contribution is 0.247. The monoisotopic (exact) mass is 330 g/mol. The second-order valence-electron chi connectivity index (χ2n) is 6.07. The molecule has 1 aliphatic rings. The fraction of sp³-hybridized carbons (Fsp3) is 0.412. The van der Waals surface area contributed by atoms with Crippen LogP contribution in [0.1, 0.15) is 31.5 Å². The van der Waals surface area contributed by atoms with Crippen LogP contribution in [0, 0.1) is 0 Å². The number of aromatic amines is 1. The van der Waals surface area contributed by atoms with Crippen LogP contribution in [-0.4, -0.2) is 27.5 Å². The van der Waals surface area contributed by atoms with Crippen molar-refractivity contribution in [1.29, 1.82) is 0 Å². The number of aromatic nitrogens is 2. The van der Waals surface area contributed by atoms with Gasteiger partial charge in [0.25, 0.3) is 0 Å². The minimum absolute atomic E-state index is 0.140. The highest BCUT2D eigenvalue weighted by molar-refractivity contribution is 8.00. The molecule has 0 radical (unpaired) electrons. The van der Waals surface area contributed by atoms with E-state index in [1.165, 1.54) is 11.3 Å². The van der Waals surface area contributed by atoms with Gasteiger partial charge in [0, 0.05) is 21.9 Å². The van der Waals surface area contributed by atoms with Gasteiger partial charge >= 0.3 is 6.03 Å². The zero-order valence-corrected chi connectivity index (χ0v) is 14.2. The molecular weight excluding hydrogens is 308 g/mol. The van der Waals surface area contributed by atoms with Gasteiger partial charge in [-0.05, 0) is 37.0 Å². The number of urea groups is 1. The number of hydrogen-bond donors (Lipinski definition) is 3. The van der Waals surface area contributed by atoms with Gasteiger partial charge in [0.15, 0.2) is 0 Å². The standard InChI is InChI=1S/C17H22N4OS/c1-11(2)23-16-6-4-3-5-15(16)20-17(22)19-13-7-8-14-12(9-13)10-18-21-14/h3-6,10-11,13H,7-9H2,1-2H3,(H,18,21)(H2,19,20,22). The molecule has 0 saturated carbocycles. The third kappa shape index (κ3) is 4.07. The summed E-state index contributed by atoms with van der Waals surface area (Å²) in [6.45, 7) is 4.29. The van der Waals surface area contributed by atoms with E-state index < -0.39 is 0 Å². The zero-order chi connectivity index (χ0) is 16.2. The van der Waals surface area contributed by atoms with Crippen LogP contribution in [0.2, 0.25) is 0 Å². The molecule has 122 valence electrons. The molecule has 0 fully saturated rings. The van der Waals surface area contributed by atoms with Crippen molar-refractivity contribution >= 4 is 23.5 Å². The van der Waals surface area contributed by atoms with Crippen LogP contribution < -0.4 is 10.6 Å². The molecule has 5 nitrogen and oxygen atoms in total. The molecule has 0 aliphatic heterocycles. The highest BCUT2D eigenvalue weighted by Crippen LogP contribution is 2.30. The van der Waals surface area contributed by atoms with Gasteiger partial charge in [0.2, 0.25) is 0 Å². The molecule has 0 spiro atoms. The molecule has 1 aromatic carbocycles. The molecule has 3 N–H and O–H groups in total. The third-order valence-corrected chi connectivity index (χ3v) is 4.93. The maximum Gasteiger partial charge on any atom is 0.319 e. The van der Waals surface area contributed by atoms with E-state index in [1.807, 2.05) is 30.5 Å². The predicted molar refractivity (Wildman–Crippen MR) is 94.0 cm³/mol. The fourth-order valence-corrected chi connectivity index (χ4v) is 3.72. The fourth-order valence-electron chi connectivity index (χ4n) is 2.81. The number of fused-ring (bicyclic) bond motifs is 1. The van der Waals surface area contributed by atoms with Crippen molar-refractivity contribution < 1.29 is 4.79 Å². The number of nitrogens with zero attached hydrogens (tertiary/aromatic N) is 1. The molecule has 1 unspecified atom stereocenters. The first-order chi connectivity index (χ1) is 11.1. The van der Waals surface area contributed by atoms with Crippen LogP contribution in [0.25, 0.3) is 0 Å². The Morgan fingerprint density at radius 3 is 3.04 bits per heavy atom. The number of aryl methyl sites for hydroxylation is 1. The first-order valence-electron chi connectivity index (χ1n) is 7.96. The van der Waals surface area contributed by atoms with Gasteiger partial charge in [0.1, 0.15) is 0 Å². The molecule has 2 amide bonds. The molecule has 1 aromatic heterocycles. The van der Waals surface area contributed by atoms with Crippen molar-refractivity contribution in [2.45, 2.75) is 49.3 Å². The average Bonchev–Trinajstić information content (AvgIpc) is 2.96. The van der Waals surface area contributed by atoms with Crippen LogP contribution in [-0.2, 0) is 12.8 Å². The first kappa shape index (κ1) is 15.9. The average molecular weight is 330 g/mol. The maximum absolute atomic E-state index is 12.3. The van der Waals surface area contributed by atoms with Gasteiger partial charge < -0.3 is 10.6 Å². The van der Waals surface area contributed by atoms with Crippen molar-refractivity contribution in [2.24, 2.45) is 0 Å². The van der Waals surface area contributed by atoms with E-state index >= 15 is 0 Å². The van der Waals surface area contributed by atoms with E-state index in [2.05, 4.69) is 34.7 Å². The number of carbonyl (C=O) groups excluding carboxylic acids is 1. The smallest absolute Gasteiger partial charge is 0.319 e. The lowest BCUT2D eigenvalue weighted by Crippen LogP contribution is -2.41. The number of carbonyl (C=O) groups is 1. The van der Waals surface area contributed by atoms with Crippen LogP contribution in [0.4, 0.5) is 10.5 Å². The Hall–Kier alpha value is -1.95. The van der Waals surface area contributed by atoms with Crippen LogP contribution >= 0.6 is 11.8 Å². The molecule has 1 heterocycles. The SMILES string of the molecule is CC(C)Sc1ccccc1NC(=O)NC1CCc2[nH]ncc2C1. The van der Waals surface area contributed by atoms with E-state index in [0.717, 1.165) is 29.8 Å². The van der Waals surface area contributed by atoms with Crippen molar-refractivity contribution in [3.63, 3.8) is 0 Å². The number of amides is 2. The van der Waals surface area contributed by atoms with Gasteiger partial charge in [-0.3, -0.25) is 5.10 Å². The van der Waals surface area contributed by atoms with Gasteiger partial charge in [-0.1, -0.05) is 26.0 Å². The summed E-state index contributed by atoms with van der Waals surface area (Å²) in [5.41, 5.74) is 3.27. The molecular formula is C17H22N4OS. The Morgan fingerprint density at radius 2 is 2.22 bits per heavy atom. The number of nitrogens with one attached hydrogen (secondary N) is 3. The zero-order valence-electron chi connectivity index (χ0n) is 13.4. The molecule has 0 bridgehead atoms. The minimum Gasteiger partial charge on any atom is -0.335 e. The minimum atomic E-state index is -0.140. The normalized spacial score (nSPS) is 16.9. The largest absolute Gasteiger partial charge is 0.335 e. The molecule has 1 atom stereocenters. The summed E-state index contributed by atoms with van der Waals surface area (Å²) in [6, 6.07) is 7.94. The van der Waals surface area contributed by atoms with Crippen LogP contribution in [0.3, 0.4) is 0 Å². The number of thioether (sulfide) groups is 1. The summed E-state index contributed by atoms with van der Waals surface area (Å²) < 4.78 is 0.